The Hall–Kier alpha value is -1.00. The number of hydrogen-bond donors (Lipinski definition) is 1. The smallest absolute Gasteiger partial charge is 0.250 e. The minimum absolute atomic E-state index is 0.0730. The second kappa shape index (κ2) is 7.70. The lowest BCUT2D eigenvalue weighted by Crippen LogP contribution is -2.21. The molecule has 1 N–H and O–H groups in total. The van der Waals surface area contributed by atoms with Crippen molar-refractivity contribution in [3.63, 3.8) is 0 Å². The van der Waals surface area contributed by atoms with E-state index in [1.54, 1.807) is 0 Å². The Balaban J connectivity index is 1.94. The number of para-hydroxylation sites is 1. The predicted octanol–water partition coefficient (Wildman–Crippen LogP) is 4.08. The van der Waals surface area contributed by atoms with Crippen LogP contribution in [-0.2, 0) is 9.53 Å². The SMILES string of the molecule is CC(C)OCC(=O)Nc1ccccc1SC1CCCC1. The molecule has 1 fully saturated rings. The van der Waals surface area contributed by atoms with Gasteiger partial charge in [-0.05, 0) is 38.8 Å². The molecule has 0 bridgehead atoms. The van der Waals surface area contributed by atoms with Gasteiger partial charge in [0, 0.05) is 10.1 Å². The molecule has 0 radical (unpaired) electrons. The van der Waals surface area contributed by atoms with Gasteiger partial charge in [-0.1, -0.05) is 25.0 Å². The summed E-state index contributed by atoms with van der Waals surface area (Å²) in [5.41, 5.74) is 0.904. The molecule has 1 aromatic rings. The number of hydrogen-bond acceptors (Lipinski definition) is 3. The summed E-state index contributed by atoms with van der Waals surface area (Å²) >= 11 is 1.89. The first kappa shape index (κ1) is 15.4. The van der Waals surface area contributed by atoms with Crippen LogP contribution in [0.1, 0.15) is 39.5 Å². The fourth-order valence-electron chi connectivity index (χ4n) is 2.29. The second-order valence-corrected chi connectivity index (χ2v) is 6.77. The molecule has 1 amide bonds. The van der Waals surface area contributed by atoms with Gasteiger partial charge in [-0.3, -0.25) is 4.79 Å². The summed E-state index contributed by atoms with van der Waals surface area (Å²) in [6, 6.07) is 8.03. The lowest BCUT2D eigenvalue weighted by Gasteiger charge is -2.14. The number of nitrogens with one attached hydrogen (secondary N) is 1. The predicted molar refractivity (Wildman–Crippen MR) is 84.3 cm³/mol. The molecule has 0 unspecified atom stereocenters. The zero-order chi connectivity index (χ0) is 14.4. The van der Waals surface area contributed by atoms with E-state index >= 15 is 0 Å². The van der Waals surface area contributed by atoms with Crippen molar-refractivity contribution in [3.05, 3.63) is 24.3 Å². The molecular weight excluding hydrogens is 270 g/mol. The number of rotatable bonds is 6. The van der Waals surface area contributed by atoms with Crippen LogP contribution in [0.2, 0.25) is 0 Å². The molecule has 1 aromatic carbocycles. The summed E-state index contributed by atoms with van der Waals surface area (Å²) in [5.74, 6) is -0.0850. The molecule has 1 aliphatic rings. The van der Waals surface area contributed by atoms with E-state index in [0.717, 1.165) is 10.6 Å². The van der Waals surface area contributed by atoms with Crippen molar-refractivity contribution < 1.29 is 9.53 Å². The summed E-state index contributed by atoms with van der Waals surface area (Å²) in [6.45, 7) is 3.97. The molecule has 110 valence electrons. The van der Waals surface area contributed by atoms with Crippen LogP contribution in [0.15, 0.2) is 29.2 Å². The van der Waals surface area contributed by atoms with Gasteiger partial charge in [0.05, 0.1) is 11.8 Å². The maximum atomic E-state index is 11.9. The van der Waals surface area contributed by atoms with Gasteiger partial charge in [0.15, 0.2) is 0 Å². The van der Waals surface area contributed by atoms with Crippen LogP contribution in [-0.4, -0.2) is 23.9 Å². The number of carbonyl (C=O) groups excluding carboxylic acids is 1. The summed E-state index contributed by atoms with van der Waals surface area (Å²) in [4.78, 5) is 13.0. The molecule has 4 heteroatoms. The molecule has 1 aliphatic carbocycles. The van der Waals surface area contributed by atoms with E-state index in [4.69, 9.17) is 4.74 Å². The Bertz CT molecular complexity index is 442. The topological polar surface area (TPSA) is 38.3 Å². The first-order valence-corrected chi connectivity index (χ1v) is 8.20. The fourth-order valence-corrected chi connectivity index (χ4v) is 3.62. The lowest BCUT2D eigenvalue weighted by atomic mass is 10.3. The van der Waals surface area contributed by atoms with Crippen molar-refractivity contribution in [3.8, 4) is 0 Å². The van der Waals surface area contributed by atoms with Gasteiger partial charge < -0.3 is 10.1 Å². The average Bonchev–Trinajstić information content (AvgIpc) is 2.92. The van der Waals surface area contributed by atoms with Crippen LogP contribution in [0, 0.1) is 0 Å². The average molecular weight is 293 g/mol. The van der Waals surface area contributed by atoms with Crippen LogP contribution in [0.4, 0.5) is 5.69 Å². The molecule has 2 rings (SSSR count). The van der Waals surface area contributed by atoms with Gasteiger partial charge in [0.25, 0.3) is 0 Å². The third-order valence-electron chi connectivity index (χ3n) is 3.30. The van der Waals surface area contributed by atoms with E-state index in [1.807, 2.05) is 43.8 Å². The van der Waals surface area contributed by atoms with Gasteiger partial charge in [0.1, 0.15) is 6.61 Å². The molecule has 0 saturated heterocycles. The van der Waals surface area contributed by atoms with Crippen LogP contribution < -0.4 is 5.32 Å². The van der Waals surface area contributed by atoms with Gasteiger partial charge >= 0.3 is 0 Å². The van der Waals surface area contributed by atoms with Gasteiger partial charge in [-0.15, -0.1) is 11.8 Å². The van der Waals surface area contributed by atoms with Crippen molar-refractivity contribution in [2.24, 2.45) is 0 Å². The van der Waals surface area contributed by atoms with Gasteiger partial charge in [-0.25, -0.2) is 0 Å². The highest BCUT2D eigenvalue weighted by Crippen LogP contribution is 2.37. The van der Waals surface area contributed by atoms with Crippen LogP contribution in [0.25, 0.3) is 0 Å². The number of carbonyl (C=O) groups is 1. The summed E-state index contributed by atoms with van der Waals surface area (Å²) in [6.07, 6.45) is 5.29. The normalized spacial score (nSPS) is 15.8. The minimum atomic E-state index is -0.0850. The Morgan fingerprint density at radius 2 is 2.05 bits per heavy atom. The minimum Gasteiger partial charge on any atom is -0.369 e. The molecule has 0 spiro atoms. The Morgan fingerprint density at radius 3 is 2.75 bits per heavy atom. The number of amides is 1. The quantitative estimate of drug-likeness (QED) is 0.858. The van der Waals surface area contributed by atoms with Crippen LogP contribution in [0.3, 0.4) is 0 Å². The summed E-state index contributed by atoms with van der Waals surface area (Å²) in [7, 11) is 0. The maximum Gasteiger partial charge on any atom is 0.250 e. The summed E-state index contributed by atoms with van der Waals surface area (Å²) in [5, 5.41) is 3.65. The van der Waals surface area contributed by atoms with Crippen molar-refractivity contribution in [2.45, 2.75) is 55.8 Å². The Kier molecular flexibility index (Phi) is 5.92. The zero-order valence-corrected chi connectivity index (χ0v) is 13.0. The number of thioether (sulfide) groups is 1. The monoisotopic (exact) mass is 293 g/mol. The van der Waals surface area contributed by atoms with Crippen molar-refractivity contribution in [1.29, 1.82) is 0 Å². The van der Waals surface area contributed by atoms with E-state index < -0.39 is 0 Å². The first-order valence-electron chi connectivity index (χ1n) is 7.32. The maximum absolute atomic E-state index is 11.9. The molecule has 0 heterocycles. The number of anilines is 1. The first-order chi connectivity index (χ1) is 9.65. The van der Waals surface area contributed by atoms with Crippen LogP contribution >= 0.6 is 11.8 Å². The molecular formula is C16H23NO2S. The molecule has 3 nitrogen and oxygen atoms in total. The van der Waals surface area contributed by atoms with E-state index in [0.29, 0.717) is 5.25 Å². The highest BCUT2D eigenvalue weighted by Gasteiger charge is 2.18. The standard InChI is InChI=1S/C16H23NO2S/c1-12(2)19-11-16(18)17-14-9-5-6-10-15(14)20-13-7-3-4-8-13/h5-6,9-10,12-13H,3-4,7-8,11H2,1-2H3,(H,17,18). The van der Waals surface area contributed by atoms with Crippen molar-refractivity contribution in [2.75, 3.05) is 11.9 Å². The van der Waals surface area contributed by atoms with Gasteiger partial charge in [-0.2, -0.15) is 0 Å². The second-order valence-electron chi connectivity index (χ2n) is 5.43. The Labute approximate surface area is 125 Å². The molecule has 1 saturated carbocycles. The summed E-state index contributed by atoms with van der Waals surface area (Å²) < 4.78 is 5.33. The zero-order valence-electron chi connectivity index (χ0n) is 12.2. The fraction of sp³-hybridized carbons (Fsp3) is 0.562. The number of ether oxygens (including phenoxy) is 1. The molecule has 0 atom stereocenters. The van der Waals surface area contributed by atoms with Crippen molar-refractivity contribution >= 4 is 23.4 Å². The van der Waals surface area contributed by atoms with E-state index in [9.17, 15) is 4.79 Å². The van der Waals surface area contributed by atoms with Crippen molar-refractivity contribution in [1.82, 2.24) is 0 Å². The Morgan fingerprint density at radius 1 is 1.35 bits per heavy atom. The van der Waals surface area contributed by atoms with E-state index in [2.05, 4.69) is 11.4 Å². The third kappa shape index (κ3) is 4.84. The van der Waals surface area contributed by atoms with Crippen LogP contribution in [0.5, 0.6) is 0 Å². The van der Waals surface area contributed by atoms with Gasteiger partial charge in [0.2, 0.25) is 5.91 Å². The largest absolute Gasteiger partial charge is 0.369 e. The third-order valence-corrected chi connectivity index (χ3v) is 4.72. The highest BCUT2D eigenvalue weighted by molar-refractivity contribution is 8.00. The van der Waals surface area contributed by atoms with E-state index in [-0.39, 0.29) is 18.6 Å². The molecule has 0 aliphatic heterocycles. The molecule has 20 heavy (non-hydrogen) atoms. The lowest BCUT2D eigenvalue weighted by molar-refractivity contribution is -0.121. The van der Waals surface area contributed by atoms with E-state index in [1.165, 1.54) is 25.7 Å². The highest BCUT2D eigenvalue weighted by atomic mass is 32.2. The number of benzene rings is 1. The molecule has 0 aromatic heterocycles.